The Hall–Kier alpha value is -2.12. The second kappa shape index (κ2) is 5.68. The summed E-state index contributed by atoms with van der Waals surface area (Å²) in [5.74, 6) is -0.0504. The number of nitrogens with zero attached hydrogens (tertiary/aromatic N) is 1. The van der Waals surface area contributed by atoms with Crippen molar-refractivity contribution < 1.29 is 4.79 Å². The molecule has 0 fully saturated rings. The summed E-state index contributed by atoms with van der Waals surface area (Å²) in [4.78, 5) is 13.9. The van der Waals surface area contributed by atoms with E-state index in [0.717, 1.165) is 16.0 Å². The van der Waals surface area contributed by atoms with Gasteiger partial charge in [0.05, 0.1) is 16.5 Å². The fraction of sp³-hybridized carbons (Fsp3) is 0.200. The highest BCUT2D eigenvalue weighted by molar-refractivity contribution is 7.14. The minimum Gasteiger partial charge on any atom is -0.347 e. The Morgan fingerprint density at radius 3 is 2.53 bits per heavy atom. The van der Waals surface area contributed by atoms with Crippen molar-refractivity contribution in [2.75, 3.05) is 0 Å². The summed E-state index contributed by atoms with van der Waals surface area (Å²) in [6.45, 7) is 4.49. The van der Waals surface area contributed by atoms with E-state index in [1.54, 1.807) is 12.1 Å². The molecule has 0 unspecified atom stereocenters. The third-order valence-electron chi connectivity index (χ3n) is 2.93. The number of hydrogen-bond donors (Lipinski definition) is 1. The standard InChI is InChI=1S/C15H14N2OS/c1-10-7-14(19-11(10)2)15(18)17-9-13-5-3-12(8-16)4-6-13/h3-7H,9H2,1-2H3,(H,17,18). The summed E-state index contributed by atoms with van der Waals surface area (Å²) in [5, 5.41) is 11.6. The molecule has 4 heteroatoms. The first kappa shape index (κ1) is 13.3. The Labute approximate surface area is 116 Å². The summed E-state index contributed by atoms with van der Waals surface area (Å²) < 4.78 is 0. The summed E-state index contributed by atoms with van der Waals surface area (Å²) in [7, 11) is 0. The number of aryl methyl sites for hydroxylation is 2. The van der Waals surface area contributed by atoms with Crippen LogP contribution >= 0.6 is 11.3 Å². The topological polar surface area (TPSA) is 52.9 Å². The largest absolute Gasteiger partial charge is 0.347 e. The molecular weight excluding hydrogens is 256 g/mol. The van der Waals surface area contributed by atoms with Crippen molar-refractivity contribution in [3.63, 3.8) is 0 Å². The first-order valence-electron chi connectivity index (χ1n) is 5.94. The number of amides is 1. The average Bonchev–Trinajstić information content (AvgIpc) is 2.77. The van der Waals surface area contributed by atoms with Crippen LogP contribution in [-0.2, 0) is 6.54 Å². The molecule has 0 saturated carbocycles. The lowest BCUT2D eigenvalue weighted by Gasteiger charge is -2.03. The monoisotopic (exact) mass is 270 g/mol. The summed E-state index contributed by atoms with van der Waals surface area (Å²) in [6.07, 6.45) is 0. The molecular formula is C15H14N2OS. The molecule has 2 rings (SSSR count). The van der Waals surface area contributed by atoms with Gasteiger partial charge in [-0.2, -0.15) is 5.26 Å². The van der Waals surface area contributed by atoms with E-state index < -0.39 is 0 Å². The smallest absolute Gasteiger partial charge is 0.261 e. The molecule has 0 bridgehead atoms. The highest BCUT2D eigenvalue weighted by atomic mass is 32.1. The maximum absolute atomic E-state index is 12.0. The highest BCUT2D eigenvalue weighted by Gasteiger charge is 2.09. The molecule has 1 heterocycles. The minimum absolute atomic E-state index is 0.0504. The van der Waals surface area contributed by atoms with Crippen molar-refractivity contribution in [3.05, 3.63) is 56.8 Å². The quantitative estimate of drug-likeness (QED) is 0.931. The number of nitrogens with one attached hydrogen (secondary N) is 1. The molecule has 96 valence electrons. The molecule has 0 atom stereocenters. The Kier molecular flexibility index (Phi) is 3.98. The lowest BCUT2D eigenvalue weighted by atomic mass is 10.1. The molecule has 0 saturated heterocycles. The van der Waals surface area contributed by atoms with Crippen LogP contribution < -0.4 is 5.32 Å². The lowest BCUT2D eigenvalue weighted by Crippen LogP contribution is -2.21. The first-order valence-corrected chi connectivity index (χ1v) is 6.76. The highest BCUT2D eigenvalue weighted by Crippen LogP contribution is 2.20. The summed E-state index contributed by atoms with van der Waals surface area (Å²) in [6, 6.07) is 11.2. The van der Waals surface area contributed by atoms with E-state index >= 15 is 0 Å². The fourth-order valence-corrected chi connectivity index (χ4v) is 2.60. The van der Waals surface area contributed by atoms with Crippen molar-refractivity contribution in [2.24, 2.45) is 0 Å². The van der Waals surface area contributed by atoms with Crippen LogP contribution in [0.1, 0.15) is 31.2 Å². The van der Waals surface area contributed by atoms with Crippen LogP contribution in [0.4, 0.5) is 0 Å². The zero-order valence-corrected chi connectivity index (χ0v) is 11.7. The van der Waals surface area contributed by atoms with Gasteiger partial charge in [0.25, 0.3) is 5.91 Å². The SMILES string of the molecule is Cc1cc(C(=O)NCc2ccc(C#N)cc2)sc1C. The normalized spacial score (nSPS) is 9.95. The van der Waals surface area contributed by atoms with Gasteiger partial charge in [0.15, 0.2) is 0 Å². The Morgan fingerprint density at radius 2 is 2.00 bits per heavy atom. The molecule has 2 aromatic rings. The van der Waals surface area contributed by atoms with Gasteiger partial charge in [-0.3, -0.25) is 4.79 Å². The third kappa shape index (κ3) is 3.21. The van der Waals surface area contributed by atoms with E-state index in [-0.39, 0.29) is 5.91 Å². The maximum atomic E-state index is 12.0. The number of benzene rings is 1. The molecule has 0 aliphatic rings. The maximum Gasteiger partial charge on any atom is 0.261 e. The van der Waals surface area contributed by atoms with E-state index in [9.17, 15) is 4.79 Å². The minimum atomic E-state index is -0.0504. The summed E-state index contributed by atoms with van der Waals surface area (Å²) in [5.41, 5.74) is 2.76. The third-order valence-corrected chi connectivity index (χ3v) is 4.08. The zero-order valence-electron chi connectivity index (χ0n) is 10.9. The molecule has 0 aliphatic heterocycles. The van der Waals surface area contributed by atoms with Crippen molar-refractivity contribution in [1.82, 2.24) is 5.32 Å². The predicted molar refractivity (Wildman–Crippen MR) is 76.1 cm³/mol. The molecule has 1 N–H and O–H groups in total. The number of thiophene rings is 1. The Bertz CT molecular complexity index is 616. The lowest BCUT2D eigenvalue weighted by molar-refractivity contribution is 0.0955. The van der Waals surface area contributed by atoms with Crippen molar-refractivity contribution >= 4 is 17.2 Å². The predicted octanol–water partition coefficient (Wildman–Crippen LogP) is 3.17. The average molecular weight is 270 g/mol. The molecule has 1 aromatic heterocycles. The van der Waals surface area contributed by atoms with E-state index in [1.165, 1.54) is 16.2 Å². The Morgan fingerprint density at radius 1 is 1.32 bits per heavy atom. The van der Waals surface area contributed by atoms with Gasteiger partial charge in [0.2, 0.25) is 0 Å². The molecule has 0 radical (unpaired) electrons. The summed E-state index contributed by atoms with van der Waals surface area (Å²) >= 11 is 1.51. The van der Waals surface area contributed by atoms with Crippen molar-refractivity contribution in [3.8, 4) is 6.07 Å². The van der Waals surface area contributed by atoms with Gasteiger partial charge in [-0.05, 0) is 43.2 Å². The van der Waals surface area contributed by atoms with Gasteiger partial charge in [-0.1, -0.05) is 12.1 Å². The van der Waals surface area contributed by atoms with Crippen molar-refractivity contribution in [2.45, 2.75) is 20.4 Å². The van der Waals surface area contributed by atoms with Crippen LogP contribution in [0.25, 0.3) is 0 Å². The van der Waals surface area contributed by atoms with Crippen LogP contribution in [0.15, 0.2) is 30.3 Å². The fourth-order valence-electron chi connectivity index (χ4n) is 1.65. The number of carbonyl (C=O) groups excluding carboxylic acids is 1. The van der Waals surface area contributed by atoms with Crippen LogP contribution in [0.3, 0.4) is 0 Å². The first-order chi connectivity index (χ1) is 9.10. The molecule has 0 aliphatic carbocycles. The van der Waals surface area contributed by atoms with E-state index in [1.807, 2.05) is 32.0 Å². The van der Waals surface area contributed by atoms with Gasteiger partial charge in [0.1, 0.15) is 0 Å². The van der Waals surface area contributed by atoms with Gasteiger partial charge in [0, 0.05) is 11.4 Å². The van der Waals surface area contributed by atoms with Crippen LogP contribution in [0.2, 0.25) is 0 Å². The van der Waals surface area contributed by atoms with Gasteiger partial charge in [-0.15, -0.1) is 11.3 Å². The van der Waals surface area contributed by atoms with E-state index in [0.29, 0.717) is 12.1 Å². The molecule has 0 spiro atoms. The van der Waals surface area contributed by atoms with Crippen LogP contribution in [0, 0.1) is 25.2 Å². The van der Waals surface area contributed by atoms with Gasteiger partial charge >= 0.3 is 0 Å². The van der Waals surface area contributed by atoms with Gasteiger partial charge < -0.3 is 5.32 Å². The number of rotatable bonds is 3. The van der Waals surface area contributed by atoms with Crippen molar-refractivity contribution in [1.29, 1.82) is 5.26 Å². The van der Waals surface area contributed by atoms with Crippen LogP contribution in [-0.4, -0.2) is 5.91 Å². The molecule has 3 nitrogen and oxygen atoms in total. The van der Waals surface area contributed by atoms with Crippen LogP contribution in [0.5, 0.6) is 0 Å². The van der Waals surface area contributed by atoms with Gasteiger partial charge in [-0.25, -0.2) is 0 Å². The number of hydrogen-bond acceptors (Lipinski definition) is 3. The molecule has 1 aromatic carbocycles. The molecule has 1 amide bonds. The Balaban J connectivity index is 1.98. The molecule has 19 heavy (non-hydrogen) atoms. The van der Waals surface area contributed by atoms with E-state index in [4.69, 9.17) is 5.26 Å². The van der Waals surface area contributed by atoms with E-state index in [2.05, 4.69) is 11.4 Å². The number of carbonyl (C=O) groups is 1. The second-order valence-corrected chi connectivity index (χ2v) is 5.60. The number of nitriles is 1. The zero-order chi connectivity index (χ0) is 13.8. The second-order valence-electron chi connectivity index (χ2n) is 4.34.